The van der Waals surface area contributed by atoms with E-state index in [9.17, 15) is 14.4 Å². The predicted octanol–water partition coefficient (Wildman–Crippen LogP) is 3.70. The Labute approximate surface area is 197 Å². The minimum atomic E-state index is -0.763. The lowest BCUT2D eigenvalue weighted by Crippen LogP contribution is -2.37. The third-order valence-corrected chi connectivity index (χ3v) is 5.44. The zero-order chi connectivity index (χ0) is 24.1. The van der Waals surface area contributed by atoms with Crippen molar-refractivity contribution in [1.29, 1.82) is 0 Å². The zero-order valence-corrected chi connectivity index (χ0v) is 19.6. The second kappa shape index (κ2) is 10.3. The third kappa shape index (κ3) is 5.59. The number of aromatic nitrogens is 2. The van der Waals surface area contributed by atoms with E-state index in [1.165, 1.54) is 16.6 Å². The van der Waals surface area contributed by atoms with Crippen LogP contribution in [0.4, 0.5) is 5.69 Å². The van der Waals surface area contributed by atoms with Crippen molar-refractivity contribution in [1.82, 2.24) is 14.7 Å². The molecule has 0 aliphatic rings. The van der Waals surface area contributed by atoms with Crippen molar-refractivity contribution in [2.45, 2.75) is 20.8 Å². The lowest BCUT2D eigenvalue weighted by Gasteiger charge is -2.18. The number of ether oxygens (including phenoxy) is 1. The number of nitrogens with zero attached hydrogens (tertiary/aromatic N) is 3. The number of esters is 1. The normalized spacial score (nSPS) is 10.6. The molecule has 2 amide bonds. The monoisotopic (exact) mass is 468 g/mol. The SMILES string of the molecule is Cc1cccc(C)c1NC(=O)CN(C)C(=O)COC(=O)c1c(C)nn(-c2ccccc2)c1Cl. The lowest BCUT2D eigenvalue weighted by molar-refractivity contribution is -0.136. The number of amides is 2. The number of carbonyl (C=O) groups excluding carboxylic acids is 3. The number of para-hydroxylation sites is 2. The Bertz CT molecular complexity index is 1170. The van der Waals surface area contributed by atoms with E-state index in [1.54, 1.807) is 19.1 Å². The van der Waals surface area contributed by atoms with Crippen LogP contribution in [-0.4, -0.2) is 52.7 Å². The summed E-state index contributed by atoms with van der Waals surface area (Å²) >= 11 is 6.36. The van der Waals surface area contributed by atoms with Crippen LogP contribution < -0.4 is 5.32 Å². The van der Waals surface area contributed by atoms with E-state index in [-0.39, 0.29) is 23.2 Å². The zero-order valence-electron chi connectivity index (χ0n) is 18.9. The summed E-state index contributed by atoms with van der Waals surface area (Å²) in [5, 5.41) is 7.21. The van der Waals surface area contributed by atoms with Crippen molar-refractivity contribution in [3.05, 3.63) is 76.1 Å². The van der Waals surface area contributed by atoms with Gasteiger partial charge < -0.3 is 15.0 Å². The number of likely N-dealkylation sites (N-methyl/N-ethyl adjacent to an activating group) is 1. The molecule has 0 fully saturated rings. The van der Waals surface area contributed by atoms with Crippen LogP contribution in [0.5, 0.6) is 0 Å². The standard InChI is InChI=1S/C24H25ClN4O4/c1-15-9-8-10-16(2)22(15)26-19(30)13-28(4)20(31)14-33-24(32)21-17(3)27-29(23(21)25)18-11-6-5-7-12-18/h5-12H,13-14H2,1-4H3,(H,26,30). The Morgan fingerprint density at radius 2 is 1.67 bits per heavy atom. The average Bonchev–Trinajstić information content (AvgIpc) is 3.09. The smallest absolute Gasteiger partial charge is 0.343 e. The molecule has 8 nitrogen and oxygen atoms in total. The number of hydrogen-bond acceptors (Lipinski definition) is 5. The van der Waals surface area contributed by atoms with E-state index in [0.29, 0.717) is 11.4 Å². The summed E-state index contributed by atoms with van der Waals surface area (Å²) in [6, 6.07) is 14.8. The lowest BCUT2D eigenvalue weighted by atomic mass is 10.1. The van der Waals surface area contributed by atoms with Gasteiger partial charge in [-0.05, 0) is 44.0 Å². The number of nitrogens with one attached hydrogen (secondary N) is 1. The average molecular weight is 469 g/mol. The van der Waals surface area contributed by atoms with Crippen molar-refractivity contribution < 1.29 is 19.1 Å². The second-order valence-corrected chi connectivity index (χ2v) is 8.00. The summed E-state index contributed by atoms with van der Waals surface area (Å²) in [5.41, 5.74) is 3.72. The van der Waals surface area contributed by atoms with E-state index in [4.69, 9.17) is 16.3 Å². The quantitative estimate of drug-likeness (QED) is 0.533. The van der Waals surface area contributed by atoms with Gasteiger partial charge in [0.15, 0.2) is 6.61 Å². The van der Waals surface area contributed by atoms with Gasteiger partial charge in [-0.1, -0.05) is 48.0 Å². The molecule has 1 heterocycles. The van der Waals surface area contributed by atoms with E-state index in [2.05, 4.69) is 10.4 Å². The molecule has 0 aliphatic heterocycles. The maximum Gasteiger partial charge on any atom is 0.343 e. The van der Waals surface area contributed by atoms with Crippen LogP contribution in [0, 0.1) is 20.8 Å². The van der Waals surface area contributed by atoms with Gasteiger partial charge in [0.25, 0.3) is 5.91 Å². The third-order valence-electron chi connectivity index (χ3n) is 5.09. The van der Waals surface area contributed by atoms with Gasteiger partial charge in [0.1, 0.15) is 10.7 Å². The van der Waals surface area contributed by atoms with Crippen LogP contribution in [0.2, 0.25) is 5.15 Å². The number of benzene rings is 2. The molecule has 0 saturated carbocycles. The van der Waals surface area contributed by atoms with Gasteiger partial charge >= 0.3 is 5.97 Å². The number of hydrogen-bond donors (Lipinski definition) is 1. The molecule has 0 radical (unpaired) electrons. The van der Waals surface area contributed by atoms with Gasteiger partial charge in [0, 0.05) is 12.7 Å². The van der Waals surface area contributed by atoms with E-state index < -0.39 is 18.5 Å². The van der Waals surface area contributed by atoms with Crippen LogP contribution >= 0.6 is 11.6 Å². The minimum Gasteiger partial charge on any atom is -0.452 e. The topological polar surface area (TPSA) is 93.5 Å². The maximum atomic E-state index is 12.6. The number of aryl methyl sites for hydroxylation is 3. The first-order chi connectivity index (χ1) is 15.7. The highest BCUT2D eigenvalue weighted by molar-refractivity contribution is 6.33. The van der Waals surface area contributed by atoms with E-state index in [0.717, 1.165) is 16.8 Å². The first-order valence-corrected chi connectivity index (χ1v) is 10.6. The van der Waals surface area contributed by atoms with E-state index in [1.807, 2.05) is 50.2 Å². The van der Waals surface area contributed by atoms with Crippen LogP contribution in [0.25, 0.3) is 5.69 Å². The highest BCUT2D eigenvalue weighted by atomic mass is 35.5. The number of carbonyl (C=O) groups is 3. The molecular weight excluding hydrogens is 444 g/mol. The van der Waals surface area contributed by atoms with Gasteiger partial charge in [0.2, 0.25) is 5.91 Å². The number of halogens is 1. The Morgan fingerprint density at radius 1 is 1.03 bits per heavy atom. The van der Waals surface area contributed by atoms with Gasteiger partial charge in [-0.25, -0.2) is 9.48 Å². The van der Waals surface area contributed by atoms with Crippen molar-refractivity contribution in [2.75, 3.05) is 25.5 Å². The molecule has 3 rings (SSSR count). The first-order valence-electron chi connectivity index (χ1n) is 10.3. The summed E-state index contributed by atoms with van der Waals surface area (Å²) in [6.45, 7) is 4.70. The fourth-order valence-corrected chi connectivity index (χ4v) is 3.62. The molecule has 0 atom stereocenters. The summed E-state index contributed by atoms with van der Waals surface area (Å²) in [7, 11) is 1.46. The van der Waals surface area contributed by atoms with Crippen molar-refractivity contribution in [3.8, 4) is 5.69 Å². The molecule has 1 N–H and O–H groups in total. The molecule has 2 aromatic carbocycles. The Morgan fingerprint density at radius 3 is 2.30 bits per heavy atom. The molecule has 0 spiro atoms. The minimum absolute atomic E-state index is 0.0868. The van der Waals surface area contributed by atoms with Gasteiger partial charge in [-0.3, -0.25) is 9.59 Å². The van der Waals surface area contributed by atoms with Crippen molar-refractivity contribution >= 4 is 35.1 Å². The Hall–Kier alpha value is -3.65. The molecular formula is C24H25ClN4O4. The highest BCUT2D eigenvalue weighted by Crippen LogP contribution is 2.24. The molecule has 1 aromatic heterocycles. The van der Waals surface area contributed by atoms with E-state index >= 15 is 0 Å². The molecule has 0 unspecified atom stereocenters. The summed E-state index contributed by atoms with van der Waals surface area (Å²) in [4.78, 5) is 38.6. The second-order valence-electron chi connectivity index (χ2n) is 7.64. The van der Waals surface area contributed by atoms with Gasteiger partial charge in [0.05, 0.1) is 17.9 Å². The molecule has 0 bridgehead atoms. The van der Waals surface area contributed by atoms with Gasteiger partial charge in [-0.2, -0.15) is 5.10 Å². The first kappa shape index (κ1) is 24.0. The predicted molar refractivity (Wildman–Crippen MR) is 126 cm³/mol. The number of rotatable bonds is 7. The molecule has 0 aliphatic carbocycles. The van der Waals surface area contributed by atoms with Crippen LogP contribution in [0.15, 0.2) is 48.5 Å². The molecule has 0 saturated heterocycles. The highest BCUT2D eigenvalue weighted by Gasteiger charge is 2.24. The fraction of sp³-hybridized carbons (Fsp3) is 0.250. The Kier molecular flexibility index (Phi) is 7.50. The van der Waals surface area contributed by atoms with Crippen LogP contribution in [0.3, 0.4) is 0 Å². The molecule has 172 valence electrons. The van der Waals surface area contributed by atoms with Crippen molar-refractivity contribution in [3.63, 3.8) is 0 Å². The molecule has 9 heteroatoms. The fourth-order valence-electron chi connectivity index (χ4n) is 3.28. The summed E-state index contributed by atoms with van der Waals surface area (Å²) in [5.74, 6) is -1.64. The summed E-state index contributed by atoms with van der Waals surface area (Å²) < 4.78 is 6.59. The van der Waals surface area contributed by atoms with Gasteiger partial charge in [-0.15, -0.1) is 0 Å². The Balaban J connectivity index is 1.59. The van der Waals surface area contributed by atoms with Crippen molar-refractivity contribution in [2.24, 2.45) is 0 Å². The summed E-state index contributed by atoms with van der Waals surface area (Å²) in [6.07, 6.45) is 0. The van der Waals surface area contributed by atoms with Crippen LogP contribution in [0.1, 0.15) is 27.2 Å². The maximum absolute atomic E-state index is 12.6. The molecule has 33 heavy (non-hydrogen) atoms. The molecule has 3 aromatic rings. The number of anilines is 1. The largest absolute Gasteiger partial charge is 0.452 e. The van der Waals surface area contributed by atoms with Crippen LogP contribution in [-0.2, 0) is 14.3 Å².